The number of pyridine rings is 1. The summed E-state index contributed by atoms with van der Waals surface area (Å²) in [6.07, 6.45) is 1.75. The molecule has 1 aliphatic heterocycles. The Labute approximate surface area is 152 Å². The van der Waals surface area contributed by atoms with Crippen molar-refractivity contribution in [1.82, 2.24) is 14.8 Å². The third kappa shape index (κ3) is 5.24. The van der Waals surface area contributed by atoms with E-state index >= 15 is 0 Å². The first-order valence-electron chi connectivity index (χ1n) is 8.61. The summed E-state index contributed by atoms with van der Waals surface area (Å²) in [7, 11) is 1.61. The number of ether oxygens (including phenoxy) is 1. The second-order valence-corrected chi connectivity index (χ2v) is 6.32. The molecule has 1 amide bonds. The Balaban J connectivity index is 1.44. The minimum atomic E-state index is -0.357. The van der Waals surface area contributed by atoms with Crippen molar-refractivity contribution < 1.29 is 13.9 Å². The van der Waals surface area contributed by atoms with Gasteiger partial charge in [-0.3, -0.25) is 14.6 Å². The molecule has 26 heavy (non-hydrogen) atoms. The van der Waals surface area contributed by atoms with Gasteiger partial charge in [0, 0.05) is 50.7 Å². The predicted molar refractivity (Wildman–Crippen MR) is 97.5 cm³/mol. The summed E-state index contributed by atoms with van der Waals surface area (Å²) >= 11 is 0. The third-order valence-corrected chi connectivity index (χ3v) is 4.36. The van der Waals surface area contributed by atoms with Crippen LogP contribution in [-0.2, 0) is 11.3 Å². The molecule has 0 radical (unpaired) electrons. The van der Waals surface area contributed by atoms with Crippen LogP contribution in [0.3, 0.4) is 0 Å². The summed E-state index contributed by atoms with van der Waals surface area (Å²) in [6.45, 7) is 4.56. The highest BCUT2D eigenvalue weighted by atomic mass is 19.1. The lowest BCUT2D eigenvalue weighted by Crippen LogP contribution is -2.48. The van der Waals surface area contributed by atoms with Crippen LogP contribution in [0.25, 0.3) is 0 Å². The van der Waals surface area contributed by atoms with Crippen LogP contribution in [0.1, 0.15) is 5.56 Å². The van der Waals surface area contributed by atoms with E-state index in [4.69, 9.17) is 4.74 Å². The van der Waals surface area contributed by atoms with Crippen LogP contribution < -0.4 is 10.1 Å². The Morgan fingerprint density at radius 1 is 1.19 bits per heavy atom. The molecule has 0 atom stereocenters. The fraction of sp³-hybridized carbons (Fsp3) is 0.368. The van der Waals surface area contributed by atoms with Gasteiger partial charge in [0.15, 0.2) is 0 Å². The molecule has 1 N–H and O–H groups in total. The number of nitrogens with one attached hydrogen (secondary N) is 1. The maximum absolute atomic E-state index is 13.2. The van der Waals surface area contributed by atoms with Gasteiger partial charge in [-0.2, -0.15) is 0 Å². The van der Waals surface area contributed by atoms with E-state index in [1.54, 1.807) is 25.4 Å². The minimum Gasteiger partial charge on any atom is -0.481 e. The van der Waals surface area contributed by atoms with Crippen LogP contribution in [0.15, 0.2) is 42.6 Å². The number of piperazine rings is 1. The summed E-state index contributed by atoms with van der Waals surface area (Å²) < 4.78 is 18.3. The molecular weight excluding hydrogens is 335 g/mol. The molecule has 3 rings (SSSR count). The Kier molecular flexibility index (Phi) is 6.14. The highest BCUT2D eigenvalue weighted by molar-refractivity contribution is 5.92. The van der Waals surface area contributed by atoms with Gasteiger partial charge in [-0.25, -0.2) is 9.37 Å². The molecule has 138 valence electrons. The van der Waals surface area contributed by atoms with Crippen LogP contribution in [0.5, 0.6) is 5.88 Å². The minimum absolute atomic E-state index is 0.122. The lowest BCUT2D eigenvalue weighted by molar-refractivity contribution is -0.117. The van der Waals surface area contributed by atoms with E-state index in [0.29, 0.717) is 18.1 Å². The van der Waals surface area contributed by atoms with E-state index in [1.807, 2.05) is 12.1 Å². The molecular formula is C19H23FN4O2. The second-order valence-electron chi connectivity index (χ2n) is 6.32. The molecule has 6 nitrogen and oxygen atoms in total. The van der Waals surface area contributed by atoms with Crippen molar-refractivity contribution in [1.29, 1.82) is 0 Å². The number of carbonyl (C=O) groups excluding carboxylic acids is 1. The SMILES string of the molecule is COc1cc(CN2CCN(CC(=O)Nc3cccc(F)c3)CC2)ccn1. The van der Waals surface area contributed by atoms with Gasteiger partial charge in [-0.15, -0.1) is 0 Å². The van der Waals surface area contributed by atoms with Crippen molar-refractivity contribution in [3.05, 3.63) is 54.0 Å². The fourth-order valence-corrected chi connectivity index (χ4v) is 2.99. The smallest absolute Gasteiger partial charge is 0.238 e. The molecule has 1 saturated heterocycles. The lowest BCUT2D eigenvalue weighted by atomic mass is 10.2. The van der Waals surface area contributed by atoms with E-state index in [-0.39, 0.29) is 11.7 Å². The lowest BCUT2D eigenvalue weighted by Gasteiger charge is -2.34. The quantitative estimate of drug-likeness (QED) is 0.856. The first kappa shape index (κ1) is 18.3. The first-order chi connectivity index (χ1) is 12.6. The van der Waals surface area contributed by atoms with Crippen molar-refractivity contribution in [2.24, 2.45) is 0 Å². The zero-order chi connectivity index (χ0) is 18.4. The van der Waals surface area contributed by atoms with Gasteiger partial charge in [0.25, 0.3) is 0 Å². The van der Waals surface area contributed by atoms with E-state index in [2.05, 4.69) is 20.1 Å². The molecule has 1 fully saturated rings. The standard InChI is InChI=1S/C19H23FN4O2/c1-26-19-11-15(5-6-21-19)13-23-7-9-24(10-8-23)14-18(25)22-17-4-2-3-16(20)12-17/h2-6,11-12H,7-10,13-14H2,1H3,(H,22,25). The van der Waals surface area contributed by atoms with E-state index < -0.39 is 0 Å². The van der Waals surface area contributed by atoms with Gasteiger partial charge < -0.3 is 10.1 Å². The highest BCUT2D eigenvalue weighted by Crippen LogP contribution is 2.13. The normalized spacial score (nSPS) is 15.6. The largest absolute Gasteiger partial charge is 0.481 e. The van der Waals surface area contributed by atoms with Gasteiger partial charge in [0.2, 0.25) is 11.8 Å². The van der Waals surface area contributed by atoms with Crippen LogP contribution in [0.2, 0.25) is 0 Å². The van der Waals surface area contributed by atoms with Crippen molar-refractivity contribution in [3.63, 3.8) is 0 Å². The summed E-state index contributed by atoms with van der Waals surface area (Å²) in [4.78, 5) is 20.7. The number of benzene rings is 1. The number of methoxy groups -OCH3 is 1. The number of amides is 1. The summed E-state index contributed by atoms with van der Waals surface area (Å²) in [5, 5.41) is 2.74. The number of nitrogens with zero attached hydrogens (tertiary/aromatic N) is 3. The molecule has 0 spiro atoms. The van der Waals surface area contributed by atoms with E-state index in [1.165, 1.54) is 12.1 Å². The molecule has 2 aromatic rings. The van der Waals surface area contributed by atoms with Crippen LogP contribution >= 0.6 is 0 Å². The molecule has 0 unspecified atom stereocenters. The zero-order valence-corrected chi connectivity index (χ0v) is 14.8. The van der Waals surface area contributed by atoms with Gasteiger partial charge >= 0.3 is 0 Å². The summed E-state index contributed by atoms with van der Waals surface area (Å²) in [5.41, 5.74) is 1.65. The number of aromatic nitrogens is 1. The number of hydrogen-bond acceptors (Lipinski definition) is 5. The van der Waals surface area contributed by atoms with Crippen LogP contribution in [-0.4, -0.2) is 60.5 Å². The van der Waals surface area contributed by atoms with E-state index in [0.717, 1.165) is 38.3 Å². The average molecular weight is 358 g/mol. The van der Waals surface area contributed by atoms with Crippen molar-refractivity contribution in [2.75, 3.05) is 45.2 Å². The predicted octanol–water partition coefficient (Wildman–Crippen LogP) is 1.99. The monoisotopic (exact) mass is 358 g/mol. The summed E-state index contributed by atoms with van der Waals surface area (Å²) in [5.74, 6) is 0.141. The zero-order valence-electron chi connectivity index (χ0n) is 14.8. The molecule has 1 aromatic carbocycles. The molecule has 0 aliphatic carbocycles. The topological polar surface area (TPSA) is 57.7 Å². The maximum atomic E-state index is 13.2. The highest BCUT2D eigenvalue weighted by Gasteiger charge is 2.19. The first-order valence-corrected chi connectivity index (χ1v) is 8.61. The number of carbonyl (C=O) groups is 1. The number of rotatable bonds is 6. The molecule has 7 heteroatoms. The maximum Gasteiger partial charge on any atom is 0.238 e. The van der Waals surface area contributed by atoms with Gasteiger partial charge in [-0.1, -0.05) is 6.07 Å². The van der Waals surface area contributed by atoms with E-state index in [9.17, 15) is 9.18 Å². The van der Waals surface area contributed by atoms with Gasteiger partial charge in [0.05, 0.1) is 13.7 Å². The average Bonchev–Trinajstić information content (AvgIpc) is 2.63. The Morgan fingerprint density at radius 3 is 2.69 bits per heavy atom. The molecule has 2 heterocycles. The molecule has 1 aliphatic rings. The second kappa shape index (κ2) is 8.73. The number of halogens is 1. The Bertz CT molecular complexity index is 748. The van der Waals surface area contributed by atoms with Gasteiger partial charge in [-0.05, 0) is 29.8 Å². The fourth-order valence-electron chi connectivity index (χ4n) is 2.99. The van der Waals surface area contributed by atoms with Crippen molar-refractivity contribution in [3.8, 4) is 5.88 Å². The molecule has 0 saturated carbocycles. The van der Waals surface area contributed by atoms with Crippen LogP contribution in [0.4, 0.5) is 10.1 Å². The summed E-state index contributed by atoms with van der Waals surface area (Å²) in [6, 6.07) is 9.87. The van der Waals surface area contributed by atoms with Gasteiger partial charge in [0.1, 0.15) is 5.82 Å². The Hall–Kier alpha value is -2.51. The van der Waals surface area contributed by atoms with Crippen molar-refractivity contribution in [2.45, 2.75) is 6.54 Å². The molecule has 1 aromatic heterocycles. The van der Waals surface area contributed by atoms with Crippen molar-refractivity contribution >= 4 is 11.6 Å². The third-order valence-electron chi connectivity index (χ3n) is 4.36. The number of hydrogen-bond donors (Lipinski definition) is 1. The molecule has 0 bridgehead atoms. The van der Waals surface area contributed by atoms with Crippen LogP contribution in [0, 0.1) is 5.82 Å². The number of anilines is 1. The Morgan fingerprint density at radius 2 is 1.96 bits per heavy atom.